The zero-order valence-electron chi connectivity index (χ0n) is 38.0. The molecule has 0 aliphatic heterocycles. The first-order chi connectivity index (χ1) is 26.8. The summed E-state index contributed by atoms with van der Waals surface area (Å²) < 4.78 is 33.5. The first-order valence-electron chi connectivity index (χ1n) is 24.7. The number of aryl methyl sites for hydroxylation is 1. The Morgan fingerprint density at radius 2 is 0.636 bits per heavy atom. The van der Waals surface area contributed by atoms with Gasteiger partial charge in [-0.2, -0.15) is 0 Å². The fourth-order valence-corrected chi connectivity index (χ4v) is 14.0. The second-order valence-electron chi connectivity index (χ2n) is 17.3. The molecule has 0 amide bonds. The molecule has 5 heteroatoms. The molecule has 0 fully saturated rings. The normalized spacial score (nSPS) is 11.9. The van der Waals surface area contributed by atoms with Gasteiger partial charge in [0.2, 0.25) is 0 Å². The van der Waals surface area contributed by atoms with Crippen LogP contribution in [0.3, 0.4) is 0 Å². The first kappa shape index (κ1) is 54.6. The van der Waals surface area contributed by atoms with Crippen LogP contribution in [0.5, 0.6) is 0 Å². The van der Waals surface area contributed by atoms with Gasteiger partial charge < -0.3 is 4.55 Å². The molecule has 0 N–H and O–H groups in total. The van der Waals surface area contributed by atoms with Crippen LogP contribution in [0.1, 0.15) is 258 Å². The van der Waals surface area contributed by atoms with Gasteiger partial charge in [-0.15, -0.1) is 0 Å². The van der Waals surface area contributed by atoms with Crippen LogP contribution >= 0.6 is 7.26 Å². The maximum Gasteiger partial charge on any atom is 0.124 e. The molecular formula is C50H97O3PS. The molecule has 1 aromatic carbocycles. The quantitative estimate of drug-likeness (QED) is 0.0377. The average molecular weight is 809 g/mol. The van der Waals surface area contributed by atoms with Crippen molar-refractivity contribution in [1.82, 2.24) is 0 Å². The standard InChI is InChI=1S/C32H68P.C18H30O3S/c1-5-9-13-17-18-19-20-21-22-23-24-28-32-33(29-25-14-10-6-2,30-26-15-11-7-3)31-27-16-12-8-4;1-2-3-4-5-6-7-8-9-10-11-14-17-15-12-13-16-18(17)22(19,20)21/h5-32H2,1-4H3;12-13,15-16H,2-11,14H2,1H3,(H,19,20,21)/q+1;/p-1. The van der Waals surface area contributed by atoms with Gasteiger partial charge in [0.05, 0.1) is 29.5 Å². The fraction of sp³-hybridized carbons (Fsp3) is 0.880. The summed E-state index contributed by atoms with van der Waals surface area (Å²) in [6.07, 6.45) is 55.2. The van der Waals surface area contributed by atoms with E-state index in [4.69, 9.17) is 0 Å². The molecule has 0 atom stereocenters. The van der Waals surface area contributed by atoms with E-state index in [0.29, 0.717) is 12.0 Å². The van der Waals surface area contributed by atoms with Crippen LogP contribution in [0.25, 0.3) is 0 Å². The van der Waals surface area contributed by atoms with Crippen molar-refractivity contribution in [3.05, 3.63) is 29.8 Å². The molecule has 326 valence electrons. The summed E-state index contributed by atoms with van der Waals surface area (Å²) in [5.41, 5.74) is 0.664. The maximum absolute atomic E-state index is 11.2. The van der Waals surface area contributed by atoms with Crippen molar-refractivity contribution in [3.8, 4) is 0 Å². The molecule has 0 bridgehead atoms. The molecule has 0 aliphatic carbocycles. The molecule has 1 aromatic rings. The molecule has 0 aromatic heterocycles. The third kappa shape index (κ3) is 34.2. The monoisotopic (exact) mass is 809 g/mol. The van der Waals surface area contributed by atoms with Gasteiger partial charge in [0, 0.05) is 7.26 Å². The predicted octanol–water partition coefficient (Wildman–Crippen LogP) is 17.5. The molecule has 1 rings (SSSR count). The van der Waals surface area contributed by atoms with Crippen molar-refractivity contribution in [2.45, 2.75) is 264 Å². The highest BCUT2D eigenvalue weighted by molar-refractivity contribution is 7.85. The number of hydrogen-bond acceptors (Lipinski definition) is 3. The largest absolute Gasteiger partial charge is 0.744 e. The summed E-state index contributed by atoms with van der Waals surface area (Å²) in [5.74, 6) is 0. The van der Waals surface area contributed by atoms with Crippen LogP contribution in [0.4, 0.5) is 0 Å². The Morgan fingerprint density at radius 3 is 0.945 bits per heavy atom. The van der Waals surface area contributed by atoms with Gasteiger partial charge >= 0.3 is 0 Å². The fourth-order valence-electron chi connectivity index (χ4n) is 8.34. The van der Waals surface area contributed by atoms with E-state index in [1.54, 1.807) is 68.5 Å². The smallest absolute Gasteiger partial charge is 0.124 e. The minimum Gasteiger partial charge on any atom is -0.744 e. The van der Waals surface area contributed by atoms with Gasteiger partial charge in [0.25, 0.3) is 0 Å². The molecule has 0 spiro atoms. The Kier molecular flexibility index (Phi) is 40.0. The molecule has 55 heavy (non-hydrogen) atoms. The Bertz CT molecular complexity index is 994. The van der Waals surface area contributed by atoms with E-state index >= 15 is 0 Å². The number of unbranched alkanes of at least 4 members (excludes halogenated alkanes) is 29. The van der Waals surface area contributed by atoms with E-state index in [1.165, 1.54) is 186 Å². The number of rotatable bonds is 40. The summed E-state index contributed by atoms with van der Waals surface area (Å²) in [6, 6.07) is 6.56. The van der Waals surface area contributed by atoms with Crippen LogP contribution in [-0.4, -0.2) is 37.6 Å². The first-order valence-corrected chi connectivity index (χ1v) is 28.6. The van der Waals surface area contributed by atoms with Crippen molar-refractivity contribution in [2.75, 3.05) is 24.6 Å². The van der Waals surface area contributed by atoms with Gasteiger partial charge in [-0.05, 0) is 75.8 Å². The second kappa shape index (κ2) is 40.3. The van der Waals surface area contributed by atoms with Gasteiger partial charge in [0.1, 0.15) is 10.1 Å². The molecule has 0 saturated carbocycles. The van der Waals surface area contributed by atoms with E-state index in [1.807, 2.05) is 0 Å². The predicted molar refractivity (Wildman–Crippen MR) is 250 cm³/mol. The van der Waals surface area contributed by atoms with E-state index in [-0.39, 0.29) is 4.90 Å². The van der Waals surface area contributed by atoms with Crippen molar-refractivity contribution in [1.29, 1.82) is 0 Å². The Morgan fingerprint density at radius 1 is 0.382 bits per heavy atom. The summed E-state index contributed by atoms with van der Waals surface area (Å²) in [4.78, 5) is -0.0501. The minimum atomic E-state index is -4.35. The van der Waals surface area contributed by atoms with Gasteiger partial charge in [-0.3, -0.25) is 0 Å². The molecule has 0 heterocycles. The molecule has 0 radical (unpaired) electrons. The Labute approximate surface area is 347 Å². The van der Waals surface area contributed by atoms with Crippen molar-refractivity contribution >= 4 is 17.4 Å². The SMILES string of the molecule is CCCCCCCCCCCCCC[P+](CCCCCC)(CCCCCC)CCCCCC.CCCCCCCCCCCCc1ccccc1S(=O)(=O)[O-]. The summed E-state index contributed by atoms with van der Waals surface area (Å²) in [6.45, 7) is 11.6. The Balaban J connectivity index is 0.00000115. The van der Waals surface area contributed by atoms with Crippen LogP contribution in [0.15, 0.2) is 29.2 Å². The van der Waals surface area contributed by atoms with E-state index < -0.39 is 17.4 Å². The lowest BCUT2D eigenvalue weighted by Gasteiger charge is -2.28. The molecule has 0 unspecified atom stereocenters. The highest BCUT2D eigenvalue weighted by Crippen LogP contribution is 2.61. The van der Waals surface area contributed by atoms with Crippen molar-refractivity contribution in [2.24, 2.45) is 0 Å². The lowest BCUT2D eigenvalue weighted by molar-refractivity contribution is 0.461. The van der Waals surface area contributed by atoms with Gasteiger partial charge in [-0.1, -0.05) is 213 Å². The highest BCUT2D eigenvalue weighted by atomic mass is 32.2. The lowest BCUT2D eigenvalue weighted by Crippen LogP contribution is -2.13. The third-order valence-corrected chi connectivity index (χ3v) is 18.0. The zero-order chi connectivity index (χ0) is 40.6. The van der Waals surface area contributed by atoms with Crippen LogP contribution in [0.2, 0.25) is 0 Å². The van der Waals surface area contributed by atoms with Gasteiger partial charge in [0.15, 0.2) is 0 Å². The topological polar surface area (TPSA) is 57.2 Å². The van der Waals surface area contributed by atoms with Crippen LogP contribution in [-0.2, 0) is 16.5 Å². The summed E-state index contributed by atoms with van der Waals surface area (Å²) in [5, 5.41) is 0. The van der Waals surface area contributed by atoms with Gasteiger partial charge in [-0.25, -0.2) is 8.42 Å². The van der Waals surface area contributed by atoms with Crippen molar-refractivity contribution in [3.63, 3.8) is 0 Å². The average Bonchev–Trinajstić information content (AvgIpc) is 3.18. The molecule has 3 nitrogen and oxygen atoms in total. The lowest BCUT2D eigenvalue weighted by atomic mass is 10.0. The Hall–Kier alpha value is -0.440. The number of hydrogen-bond donors (Lipinski definition) is 0. The molecule has 0 saturated heterocycles. The summed E-state index contributed by atoms with van der Waals surface area (Å²) >= 11 is 0. The zero-order valence-corrected chi connectivity index (χ0v) is 39.7. The summed E-state index contributed by atoms with van der Waals surface area (Å²) in [7, 11) is -5.04. The molecule has 0 aliphatic rings. The van der Waals surface area contributed by atoms with Crippen molar-refractivity contribution < 1.29 is 13.0 Å². The van der Waals surface area contributed by atoms with E-state index in [9.17, 15) is 13.0 Å². The number of benzene rings is 1. The second-order valence-corrected chi connectivity index (χ2v) is 23.1. The third-order valence-electron chi connectivity index (χ3n) is 12.0. The molecular weight excluding hydrogens is 712 g/mol. The van der Waals surface area contributed by atoms with E-state index in [2.05, 4.69) is 34.6 Å². The highest BCUT2D eigenvalue weighted by Gasteiger charge is 2.34. The van der Waals surface area contributed by atoms with E-state index in [0.717, 1.165) is 12.8 Å². The van der Waals surface area contributed by atoms with Crippen LogP contribution < -0.4 is 0 Å². The maximum atomic E-state index is 11.2. The minimum absolute atomic E-state index is 0.0501. The van der Waals surface area contributed by atoms with Crippen LogP contribution in [0, 0.1) is 0 Å².